The van der Waals surface area contributed by atoms with E-state index in [1.807, 2.05) is 0 Å². The molecular formula is C8H11Cl2F3N2. The minimum Gasteiger partial charge on any atom is -0.290 e. The Morgan fingerprint density at radius 3 is 1.67 bits per heavy atom. The van der Waals surface area contributed by atoms with E-state index in [0.717, 1.165) is 0 Å². The predicted octanol–water partition coefficient (Wildman–Crippen LogP) is 1.81. The van der Waals surface area contributed by atoms with Crippen LogP contribution in [0.4, 0.5) is 13.2 Å². The minimum absolute atomic E-state index is 0.228. The first-order valence-corrected chi connectivity index (χ1v) is 5.62. The summed E-state index contributed by atoms with van der Waals surface area (Å²) in [5.74, 6) is 0. The van der Waals surface area contributed by atoms with Crippen molar-refractivity contribution in [3.63, 3.8) is 0 Å². The van der Waals surface area contributed by atoms with Crippen LogP contribution >= 0.6 is 23.2 Å². The lowest BCUT2D eigenvalue weighted by atomic mass is 9.91. The summed E-state index contributed by atoms with van der Waals surface area (Å²) >= 11 is 11.8. The van der Waals surface area contributed by atoms with Gasteiger partial charge in [0.1, 0.15) is 0 Å². The van der Waals surface area contributed by atoms with Crippen LogP contribution in [0.1, 0.15) is 12.8 Å². The zero-order valence-corrected chi connectivity index (χ0v) is 9.20. The highest BCUT2D eigenvalue weighted by Crippen LogP contribution is 2.33. The molecule has 2 aliphatic rings. The highest BCUT2D eigenvalue weighted by Gasteiger charge is 2.50. The molecule has 0 spiro atoms. The fraction of sp³-hybridized carbons (Fsp3) is 1.00. The van der Waals surface area contributed by atoms with Crippen LogP contribution in [0.2, 0.25) is 0 Å². The molecule has 7 heteroatoms. The zero-order chi connectivity index (χ0) is 11.2. The lowest BCUT2D eigenvalue weighted by molar-refractivity contribution is -0.158. The van der Waals surface area contributed by atoms with E-state index < -0.39 is 12.3 Å². The molecule has 0 aromatic rings. The number of alkyl halides is 5. The molecule has 1 saturated heterocycles. The van der Waals surface area contributed by atoms with Crippen molar-refractivity contribution in [1.82, 2.24) is 10.6 Å². The summed E-state index contributed by atoms with van der Waals surface area (Å²) in [5, 5.41) is 4.50. The number of nitrogens with one attached hydrogen (secondary N) is 2. The second-order valence-electron chi connectivity index (χ2n) is 4.02. The largest absolute Gasteiger partial charge is 0.417 e. The third-order valence-electron chi connectivity index (χ3n) is 2.93. The van der Waals surface area contributed by atoms with Gasteiger partial charge < -0.3 is 0 Å². The molecule has 1 aliphatic carbocycles. The first-order chi connectivity index (χ1) is 6.88. The van der Waals surface area contributed by atoms with Gasteiger partial charge in [0, 0.05) is 12.1 Å². The van der Waals surface area contributed by atoms with Crippen LogP contribution in [0, 0.1) is 0 Å². The van der Waals surface area contributed by atoms with E-state index in [1.165, 1.54) is 0 Å². The molecule has 4 unspecified atom stereocenters. The van der Waals surface area contributed by atoms with Crippen LogP contribution in [0.3, 0.4) is 0 Å². The second-order valence-corrected chi connectivity index (χ2v) is 5.15. The SMILES string of the molecule is FC(F)(F)C1NC2CC(Cl)C(Cl)CC2N1. The summed E-state index contributed by atoms with van der Waals surface area (Å²) in [7, 11) is 0. The van der Waals surface area contributed by atoms with Crippen LogP contribution in [-0.4, -0.2) is 35.2 Å². The van der Waals surface area contributed by atoms with Crippen molar-refractivity contribution in [3.05, 3.63) is 0 Å². The molecule has 1 saturated carbocycles. The Kier molecular flexibility index (Phi) is 3.10. The van der Waals surface area contributed by atoms with Crippen LogP contribution < -0.4 is 10.6 Å². The summed E-state index contributed by atoms with van der Waals surface area (Å²) < 4.78 is 37.2. The molecule has 0 amide bonds. The molecule has 0 bridgehead atoms. The maximum absolute atomic E-state index is 12.4. The maximum Gasteiger partial charge on any atom is 0.417 e. The van der Waals surface area contributed by atoms with E-state index in [-0.39, 0.29) is 22.8 Å². The quantitative estimate of drug-likeness (QED) is 0.651. The van der Waals surface area contributed by atoms with Crippen molar-refractivity contribution in [3.8, 4) is 0 Å². The molecule has 0 aromatic carbocycles. The predicted molar refractivity (Wildman–Crippen MR) is 52.2 cm³/mol. The monoisotopic (exact) mass is 262 g/mol. The minimum atomic E-state index is -4.26. The standard InChI is InChI=1S/C8H11Cl2F3N2/c9-3-1-5-6(2-4(3)10)15-7(14-5)8(11,12)13/h3-7,14-15H,1-2H2. The van der Waals surface area contributed by atoms with Gasteiger partial charge in [-0.25, -0.2) is 0 Å². The summed E-state index contributed by atoms with van der Waals surface area (Å²) in [6.07, 6.45) is -4.95. The van der Waals surface area contributed by atoms with Crippen LogP contribution in [0.25, 0.3) is 0 Å². The average Bonchev–Trinajstić information content (AvgIpc) is 2.47. The first-order valence-electron chi connectivity index (χ1n) is 4.75. The van der Waals surface area contributed by atoms with Crippen molar-refractivity contribution in [2.75, 3.05) is 0 Å². The normalized spacial score (nSPS) is 46.6. The summed E-state index contributed by atoms with van der Waals surface area (Å²) in [6, 6.07) is -0.455. The van der Waals surface area contributed by atoms with E-state index >= 15 is 0 Å². The number of fused-ring (bicyclic) bond motifs is 1. The molecular weight excluding hydrogens is 252 g/mol. The average molecular weight is 263 g/mol. The molecule has 1 heterocycles. The maximum atomic E-state index is 12.4. The molecule has 2 rings (SSSR count). The van der Waals surface area contributed by atoms with Crippen molar-refractivity contribution < 1.29 is 13.2 Å². The summed E-state index contributed by atoms with van der Waals surface area (Å²) in [6.45, 7) is 0. The Hall–Kier alpha value is 0.290. The Labute approximate surface area is 95.5 Å². The van der Waals surface area contributed by atoms with Crippen LogP contribution in [-0.2, 0) is 0 Å². The van der Waals surface area contributed by atoms with Gasteiger partial charge in [0.2, 0.25) is 0 Å². The van der Waals surface area contributed by atoms with Gasteiger partial charge >= 0.3 is 6.18 Å². The fourth-order valence-corrected chi connectivity index (χ4v) is 2.73. The van der Waals surface area contributed by atoms with Crippen LogP contribution in [0.15, 0.2) is 0 Å². The van der Waals surface area contributed by atoms with Gasteiger partial charge in [-0.2, -0.15) is 13.2 Å². The highest BCUT2D eigenvalue weighted by molar-refractivity contribution is 6.30. The molecule has 1 aliphatic heterocycles. The van der Waals surface area contributed by atoms with Gasteiger partial charge in [-0.3, -0.25) is 10.6 Å². The van der Waals surface area contributed by atoms with E-state index in [1.54, 1.807) is 0 Å². The van der Waals surface area contributed by atoms with E-state index in [9.17, 15) is 13.2 Å². The lowest BCUT2D eigenvalue weighted by Gasteiger charge is -2.31. The molecule has 4 atom stereocenters. The van der Waals surface area contributed by atoms with Crippen LogP contribution in [0.5, 0.6) is 0 Å². The Bertz CT molecular complexity index is 231. The summed E-state index contributed by atoms with van der Waals surface area (Å²) in [4.78, 5) is 0. The number of halogens is 5. The van der Waals surface area contributed by atoms with E-state index in [2.05, 4.69) is 10.6 Å². The molecule has 2 nitrogen and oxygen atoms in total. The molecule has 2 fully saturated rings. The molecule has 2 N–H and O–H groups in total. The van der Waals surface area contributed by atoms with Gasteiger partial charge in [-0.05, 0) is 12.8 Å². The molecule has 0 radical (unpaired) electrons. The topological polar surface area (TPSA) is 24.1 Å². The highest BCUT2D eigenvalue weighted by atomic mass is 35.5. The van der Waals surface area contributed by atoms with Gasteiger partial charge in [-0.1, -0.05) is 0 Å². The van der Waals surface area contributed by atoms with Crippen molar-refractivity contribution in [2.24, 2.45) is 0 Å². The number of hydrogen-bond acceptors (Lipinski definition) is 2. The van der Waals surface area contributed by atoms with Crippen molar-refractivity contribution >= 4 is 23.2 Å². The van der Waals surface area contributed by atoms with Gasteiger partial charge in [0.15, 0.2) is 6.17 Å². The van der Waals surface area contributed by atoms with Crippen molar-refractivity contribution in [2.45, 2.75) is 48.0 Å². The molecule has 15 heavy (non-hydrogen) atoms. The van der Waals surface area contributed by atoms with E-state index in [0.29, 0.717) is 12.8 Å². The van der Waals surface area contributed by atoms with Crippen molar-refractivity contribution in [1.29, 1.82) is 0 Å². The fourth-order valence-electron chi connectivity index (χ4n) is 2.14. The Balaban J connectivity index is 2.02. The molecule has 88 valence electrons. The zero-order valence-electron chi connectivity index (χ0n) is 7.69. The smallest absolute Gasteiger partial charge is 0.290 e. The van der Waals surface area contributed by atoms with Gasteiger partial charge in [0.25, 0.3) is 0 Å². The van der Waals surface area contributed by atoms with E-state index in [4.69, 9.17) is 23.2 Å². The van der Waals surface area contributed by atoms with Gasteiger partial charge in [-0.15, -0.1) is 23.2 Å². The summed E-state index contributed by atoms with van der Waals surface area (Å²) in [5.41, 5.74) is 0. The number of hydrogen-bond donors (Lipinski definition) is 2. The Morgan fingerprint density at radius 2 is 1.33 bits per heavy atom. The molecule has 0 aromatic heterocycles. The first kappa shape index (κ1) is 11.8. The lowest BCUT2D eigenvalue weighted by Crippen LogP contribution is -2.46. The second kappa shape index (κ2) is 3.95. The Morgan fingerprint density at radius 1 is 0.933 bits per heavy atom. The third-order valence-corrected chi connectivity index (χ3v) is 4.02. The number of rotatable bonds is 0. The third kappa shape index (κ3) is 2.35. The van der Waals surface area contributed by atoms with Gasteiger partial charge in [0.05, 0.1) is 10.8 Å².